The molecular weight excluding hydrogens is 286 g/mol. The van der Waals surface area contributed by atoms with E-state index in [4.69, 9.17) is 0 Å². The van der Waals surface area contributed by atoms with Gasteiger partial charge in [0.1, 0.15) is 0 Å². The summed E-state index contributed by atoms with van der Waals surface area (Å²) in [6.07, 6.45) is 1.82. The van der Waals surface area contributed by atoms with Crippen molar-refractivity contribution in [1.82, 2.24) is 4.98 Å². The van der Waals surface area contributed by atoms with Crippen LogP contribution in [0.25, 0.3) is 10.6 Å². The fraction of sp³-hybridized carbons (Fsp3) is 0.0667. The number of nitrogens with zero attached hydrogens (tertiary/aromatic N) is 2. The van der Waals surface area contributed by atoms with Crippen LogP contribution < -0.4 is 5.43 Å². The molecule has 3 nitrogen and oxygen atoms in total. The molecule has 100 valence electrons. The fourth-order valence-electron chi connectivity index (χ4n) is 1.75. The summed E-state index contributed by atoms with van der Waals surface area (Å²) in [6.45, 7) is 2.07. The highest BCUT2D eigenvalue weighted by Gasteiger charge is 2.04. The topological polar surface area (TPSA) is 37.3 Å². The number of hydrogen-bond donors (Lipinski definition) is 1. The van der Waals surface area contributed by atoms with Crippen LogP contribution in [0, 0.1) is 6.92 Å². The number of anilines is 1. The van der Waals surface area contributed by atoms with E-state index in [9.17, 15) is 0 Å². The summed E-state index contributed by atoms with van der Waals surface area (Å²) in [5.41, 5.74) is 6.29. The van der Waals surface area contributed by atoms with Gasteiger partial charge in [0.25, 0.3) is 0 Å². The first-order chi connectivity index (χ1) is 9.83. The van der Waals surface area contributed by atoms with Crippen LogP contribution in [0.3, 0.4) is 0 Å². The molecule has 0 spiro atoms. The molecule has 0 amide bonds. The van der Waals surface area contributed by atoms with E-state index < -0.39 is 0 Å². The molecule has 0 aliphatic heterocycles. The Bertz CT molecular complexity index is 714. The maximum absolute atomic E-state index is 4.51. The predicted molar refractivity (Wildman–Crippen MR) is 87.8 cm³/mol. The Balaban J connectivity index is 1.69. The third-order valence-corrected chi connectivity index (χ3v) is 4.47. The Labute approximate surface area is 125 Å². The third-order valence-electron chi connectivity index (χ3n) is 2.83. The predicted octanol–water partition coefficient (Wildman–Crippen LogP) is 4.63. The minimum atomic E-state index is 0.804. The van der Waals surface area contributed by atoms with Gasteiger partial charge in [-0.05, 0) is 29.5 Å². The normalized spacial score (nSPS) is 11.1. The molecule has 0 bridgehead atoms. The Morgan fingerprint density at radius 3 is 2.85 bits per heavy atom. The fourth-order valence-corrected chi connectivity index (χ4v) is 3.17. The van der Waals surface area contributed by atoms with Crippen LogP contribution in [-0.4, -0.2) is 11.2 Å². The second-order valence-corrected chi connectivity index (χ2v) is 6.05. The van der Waals surface area contributed by atoms with E-state index in [1.54, 1.807) is 22.7 Å². The van der Waals surface area contributed by atoms with Crippen molar-refractivity contribution in [2.75, 3.05) is 5.43 Å². The summed E-state index contributed by atoms with van der Waals surface area (Å²) in [4.78, 5) is 5.69. The van der Waals surface area contributed by atoms with Crippen molar-refractivity contribution < 1.29 is 0 Å². The highest BCUT2D eigenvalue weighted by atomic mass is 32.1. The summed E-state index contributed by atoms with van der Waals surface area (Å²) in [5.74, 6) is 0. The van der Waals surface area contributed by atoms with Crippen LogP contribution in [0.15, 0.2) is 52.3 Å². The second kappa shape index (κ2) is 5.98. The summed E-state index contributed by atoms with van der Waals surface area (Å²) >= 11 is 3.25. The molecule has 1 N–H and O–H groups in total. The van der Waals surface area contributed by atoms with Crippen LogP contribution in [0.4, 0.5) is 5.13 Å². The molecule has 3 rings (SSSR count). The van der Waals surface area contributed by atoms with Crippen molar-refractivity contribution in [2.45, 2.75) is 6.92 Å². The summed E-state index contributed by atoms with van der Waals surface area (Å²) in [7, 11) is 0. The van der Waals surface area contributed by atoms with E-state index in [-0.39, 0.29) is 0 Å². The van der Waals surface area contributed by atoms with Crippen LogP contribution in [0.5, 0.6) is 0 Å². The number of nitrogens with one attached hydrogen (secondary N) is 1. The lowest BCUT2D eigenvalue weighted by atomic mass is 10.1. The SMILES string of the molecule is Cc1ccccc1/C=N\Nc1nc(-c2cccs2)cs1. The smallest absolute Gasteiger partial charge is 0.203 e. The highest BCUT2D eigenvalue weighted by molar-refractivity contribution is 7.15. The lowest BCUT2D eigenvalue weighted by molar-refractivity contribution is 1.29. The van der Waals surface area contributed by atoms with Gasteiger partial charge in [-0.25, -0.2) is 4.98 Å². The molecule has 5 heteroatoms. The molecule has 0 unspecified atom stereocenters. The lowest BCUT2D eigenvalue weighted by Crippen LogP contribution is -1.91. The van der Waals surface area contributed by atoms with Crippen molar-refractivity contribution in [2.24, 2.45) is 5.10 Å². The molecule has 0 saturated heterocycles. The molecule has 0 fully saturated rings. The van der Waals surface area contributed by atoms with Gasteiger partial charge in [-0.15, -0.1) is 22.7 Å². The van der Waals surface area contributed by atoms with E-state index in [2.05, 4.69) is 39.9 Å². The van der Waals surface area contributed by atoms with Crippen molar-refractivity contribution >= 4 is 34.0 Å². The zero-order valence-corrected chi connectivity index (χ0v) is 12.5. The van der Waals surface area contributed by atoms with Crippen LogP contribution in [-0.2, 0) is 0 Å². The van der Waals surface area contributed by atoms with Gasteiger partial charge < -0.3 is 0 Å². The average molecular weight is 299 g/mol. The maximum atomic E-state index is 4.51. The van der Waals surface area contributed by atoms with Crippen molar-refractivity contribution in [1.29, 1.82) is 0 Å². The van der Waals surface area contributed by atoms with E-state index >= 15 is 0 Å². The molecule has 2 aromatic heterocycles. The van der Waals surface area contributed by atoms with Crippen LogP contribution in [0.1, 0.15) is 11.1 Å². The van der Waals surface area contributed by atoms with Gasteiger partial charge in [-0.2, -0.15) is 5.10 Å². The largest absolute Gasteiger partial charge is 0.253 e. The monoisotopic (exact) mass is 299 g/mol. The van der Waals surface area contributed by atoms with Gasteiger partial charge in [0.15, 0.2) is 0 Å². The minimum Gasteiger partial charge on any atom is -0.253 e. The van der Waals surface area contributed by atoms with E-state index in [1.807, 2.05) is 35.9 Å². The number of benzene rings is 1. The van der Waals surface area contributed by atoms with E-state index in [0.29, 0.717) is 0 Å². The quantitative estimate of drug-likeness (QED) is 0.563. The number of hydrogen-bond acceptors (Lipinski definition) is 5. The van der Waals surface area contributed by atoms with E-state index in [1.165, 1.54) is 10.4 Å². The molecule has 3 aromatic rings. The first-order valence-corrected chi connectivity index (χ1v) is 7.93. The number of hydrazone groups is 1. The number of aryl methyl sites for hydroxylation is 1. The molecule has 20 heavy (non-hydrogen) atoms. The molecule has 0 aliphatic rings. The first-order valence-electron chi connectivity index (χ1n) is 6.17. The molecule has 0 radical (unpaired) electrons. The zero-order chi connectivity index (χ0) is 13.8. The number of thiazole rings is 1. The average Bonchev–Trinajstić information content (AvgIpc) is 3.11. The Morgan fingerprint density at radius 2 is 2.05 bits per heavy atom. The number of aromatic nitrogens is 1. The second-order valence-electron chi connectivity index (χ2n) is 4.24. The Hall–Kier alpha value is -1.98. The van der Waals surface area contributed by atoms with E-state index in [0.717, 1.165) is 16.4 Å². The van der Waals surface area contributed by atoms with Gasteiger partial charge in [-0.3, -0.25) is 5.43 Å². The van der Waals surface area contributed by atoms with Gasteiger partial charge in [0, 0.05) is 5.38 Å². The molecule has 2 heterocycles. The van der Waals surface area contributed by atoms with Gasteiger partial charge in [0.05, 0.1) is 16.8 Å². The molecule has 1 aromatic carbocycles. The van der Waals surface area contributed by atoms with Gasteiger partial charge in [-0.1, -0.05) is 30.3 Å². The summed E-state index contributed by atoms with van der Waals surface area (Å²) in [5, 5.41) is 9.14. The van der Waals surface area contributed by atoms with Gasteiger partial charge in [0.2, 0.25) is 5.13 Å². The first kappa shape index (κ1) is 13.0. The Morgan fingerprint density at radius 1 is 1.15 bits per heavy atom. The molecule has 0 aliphatic carbocycles. The molecule has 0 atom stereocenters. The lowest BCUT2D eigenvalue weighted by Gasteiger charge is -1.98. The molecular formula is C15H13N3S2. The summed E-state index contributed by atoms with van der Waals surface area (Å²) < 4.78 is 0. The van der Waals surface area contributed by atoms with Gasteiger partial charge >= 0.3 is 0 Å². The highest BCUT2D eigenvalue weighted by Crippen LogP contribution is 2.28. The third kappa shape index (κ3) is 2.95. The number of thiophene rings is 1. The van der Waals surface area contributed by atoms with Crippen molar-refractivity contribution in [3.05, 3.63) is 58.3 Å². The van der Waals surface area contributed by atoms with Crippen molar-refractivity contribution in [3.63, 3.8) is 0 Å². The van der Waals surface area contributed by atoms with Crippen molar-refractivity contribution in [3.8, 4) is 10.6 Å². The van der Waals surface area contributed by atoms with Crippen LogP contribution >= 0.6 is 22.7 Å². The number of rotatable bonds is 4. The zero-order valence-electron chi connectivity index (χ0n) is 10.9. The van der Waals surface area contributed by atoms with Crippen LogP contribution in [0.2, 0.25) is 0 Å². The minimum absolute atomic E-state index is 0.804. The Kier molecular flexibility index (Phi) is 3.90. The summed E-state index contributed by atoms with van der Waals surface area (Å²) in [6, 6.07) is 12.2. The standard InChI is InChI=1S/C15H13N3S2/c1-11-5-2-3-6-12(11)9-16-18-15-17-13(10-20-15)14-7-4-8-19-14/h2-10H,1H3,(H,17,18)/b16-9-. The molecule has 0 saturated carbocycles. The maximum Gasteiger partial charge on any atom is 0.203 e.